The van der Waals surface area contributed by atoms with Gasteiger partial charge in [-0.2, -0.15) is 0 Å². The van der Waals surface area contributed by atoms with E-state index in [4.69, 9.17) is 0 Å². The first-order valence-electron chi connectivity index (χ1n) is 5.06. The lowest BCUT2D eigenvalue weighted by atomic mass is 10.2. The predicted molar refractivity (Wildman–Crippen MR) is 64.0 cm³/mol. The number of fused-ring (bicyclic) bond motifs is 1. The van der Waals surface area contributed by atoms with Crippen LogP contribution in [-0.4, -0.2) is 18.9 Å². The minimum Gasteiger partial charge on any atom is -0.336 e. The first-order chi connectivity index (χ1) is 7.63. The van der Waals surface area contributed by atoms with Gasteiger partial charge in [-0.25, -0.2) is 13.8 Å². The fraction of sp³-hybridized carbons (Fsp3) is 0.444. The third-order valence-corrected chi connectivity index (χ3v) is 2.71. The van der Waals surface area contributed by atoms with Crippen LogP contribution in [0.25, 0.3) is 11.2 Å². The number of nitrogens with zero attached hydrogens (tertiary/aromatic N) is 2. The Morgan fingerprint density at radius 1 is 1.38 bits per heavy atom. The maximum absolute atomic E-state index is 11.6. The maximum Gasteiger partial charge on any atom is 0.340 e. The van der Waals surface area contributed by atoms with Crippen LogP contribution in [-0.2, 0) is 6.42 Å². The van der Waals surface area contributed by atoms with Crippen molar-refractivity contribution in [3.63, 3.8) is 0 Å². The average Bonchev–Trinajstić information content (AvgIpc) is 2.66. The summed E-state index contributed by atoms with van der Waals surface area (Å²) in [4.78, 5) is 32.4. The fourth-order valence-electron chi connectivity index (χ4n) is 1.48. The normalized spacial score (nSPS) is 11.1. The number of hydrogen-bond donors (Lipinski definition) is 3. The highest BCUT2D eigenvalue weighted by Gasteiger charge is 2.09. The van der Waals surface area contributed by atoms with Crippen molar-refractivity contribution < 1.29 is 0 Å². The van der Waals surface area contributed by atoms with Crippen LogP contribution in [0.1, 0.15) is 25.6 Å². The summed E-state index contributed by atoms with van der Waals surface area (Å²) < 4.78 is 0.726. The molecular formula is C9H12N4O2S. The smallest absolute Gasteiger partial charge is 0.336 e. The van der Waals surface area contributed by atoms with Gasteiger partial charge in [-0.05, 0) is 6.42 Å². The van der Waals surface area contributed by atoms with Gasteiger partial charge < -0.3 is 4.98 Å². The van der Waals surface area contributed by atoms with Crippen LogP contribution < -0.4 is 11.2 Å². The van der Waals surface area contributed by atoms with Gasteiger partial charge in [-0.1, -0.05) is 26.2 Å². The molecule has 6 nitrogen and oxygen atoms in total. The molecule has 2 heterocycles. The van der Waals surface area contributed by atoms with Crippen molar-refractivity contribution in [1.29, 1.82) is 0 Å². The molecule has 0 bridgehead atoms. The Hall–Kier alpha value is -1.50. The van der Waals surface area contributed by atoms with E-state index in [-0.39, 0.29) is 0 Å². The molecule has 0 aromatic carbocycles. The second-order valence-corrected chi connectivity index (χ2v) is 3.96. The number of aromatic amines is 2. The van der Waals surface area contributed by atoms with E-state index < -0.39 is 11.2 Å². The van der Waals surface area contributed by atoms with Gasteiger partial charge in [0.05, 0.1) is 0 Å². The van der Waals surface area contributed by atoms with Crippen LogP contribution in [0.4, 0.5) is 0 Å². The number of rotatable bonds is 3. The van der Waals surface area contributed by atoms with Gasteiger partial charge in [0.2, 0.25) is 0 Å². The Kier molecular flexibility index (Phi) is 2.86. The summed E-state index contributed by atoms with van der Waals surface area (Å²) in [5.74, 6) is 0.712. The zero-order chi connectivity index (χ0) is 11.7. The first-order valence-corrected chi connectivity index (χ1v) is 5.46. The van der Waals surface area contributed by atoms with Crippen LogP contribution in [0.3, 0.4) is 0 Å². The first kappa shape index (κ1) is 11.0. The van der Waals surface area contributed by atoms with Crippen LogP contribution in [0.2, 0.25) is 0 Å². The van der Waals surface area contributed by atoms with Gasteiger partial charge in [0.1, 0.15) is 5.82 Å². The molecule has 0 saturated carbocycles. The fourth-order valence-corrected chi connectivity index (χ4v) is 1.63. The topological polar surface area (TPSA) is 83.5 Å². The van der Waals surface area contributed by atoms with E-state index in [0.29, 0.717) is 17.0 Å². The summed E-state index contributed by atoms with van der Waals surface area (Å²) in [5.41, 5.74) is -0.459. The summed E-state index contributed by atoms with van der Waals surface area (Å²) in [6, 6.07) is 0. The Labute approximate surface area is 96.3 Å². The highest BCUT2D eigenvalue weighted by atomic mass is 32.1. The molecule has 0 unspecified atom stereocenters. The number of H-pyrrole nitrogens is 2. The van der Waals surface area contributed by atoms with Crippen molar-refractivity contribution in [3.05, 3.63) is 26.7 Å². The highest BCUT2D eigenvalue weighted by molar-refractivity contribution is 7.78. The van der Waals surface area contributed by atoms with Crippen molar-refractivity contribution in [2.45, 2.75) is 26.2 Å². The van der Waals surface area contributed by atoms with Crippen molar-refractivity contribution in [2.24, 2.45) is 0 Å². The minimum atomic E-state index is -0.575. The molecule has 2 N–H and O–H groups in total. The Bertz CT molecular complexity index is 624. The molecule has 0 spiro atoms. The third kappa shape index (κ3) is 1.78. The van der Waals surface area contributed by atoms with Crippen LogP contribution >= 0.6 is 12.8 Å². The molecule has 0 saturated heterocycles. The molecule has 0 atom stereocenters. The van der Waals surface area contributed by atoms with E-state index in [9.17, 15) is 9.59 Å². The zero-order valence-electron chi connectivity index (χ0n) is 8.78. The van der Waals surface area contributed by atoms with E-state index in [1.54, 1.807) is 0 Å². The molecular weight excluding hydrogens is 228 g/mol. The van der Waals surface area contributed by atoms with Crippen molar-refractivity contribution >= 4 is 24.0 Å². The number of hydrogen-bond acceptors (Lipinski definition) is 4. The van der Waals surface area contributed by atoms with Gasteiger partial charge in [0.25, 0.3) is 5.56 Å². The summed E-state index contributed by atoms with van der Waals surface area (Å²) in [6.45, 7) is 2.07. The monoisotopic (exact) mass is 240 g/mol. The largest absolute Gasteiger partial charge is 0.340 e. The van der Waals surface area contributed by atoms with E-state index in [2.05, 4.69) is 34.7 Å². The lowest BCUT2D eigenvalue weighted by Gasteiger charge is -1.92. The van der Waals surface area contributed by atoms with Gasteiger partial charge in [0, 0.05) is 6.42 Å². The van der Waals surface area contributed by atoms with Crippen LogP contribution in [0.15, 0.2) is 9.59 Å². The van der Waals surface area contributed by atoms with Crippen molar-refractivity contribution in [3.8, 4) is 0 Å². The number of aromatic nitrogens is 4. The van der Waals surface area contributed by atoms with E-state index in [1.165, 1.54) is 0 Å². The second kappa shape index (κ2) is 4.17. The molecule has 0 aliphatic rings. The molecule has 0 fully saturated rings. The minimum absolute atomic E-state index is 0.292. The standard InChI is InChI=1S/C9H12N4O2S/c1-2-3-4-5-10-6-7(11-5)12-9(15)13(16)8(6)14/h16H,2-4H2,1H3,(H,10,11)(H,12,15). The van der Waals surface area contributed by atoms with Crippen molar-refractivity contribution in [2.75, 3.05) is 0 Å². The van der Waals surface area contributed by atoms with Crippen molar-refractivity contribution in [1.82, 2.24) is 18.9 Å². The van der Waals surface area contributed by atoms with Gasteiger partial charge in [0.15, 0.2) is 11.2 Å². The Morgan fingerprint density at radius 3 is 2.81 bits per heavy atom. The Balaban J connectivity index is 2.58. The summed E-state index contributed by atoms with van der Waals surface area (Å²) in [6.07, 6.45) is 2.79. The number of imidazole rings is 1. The molecule has 2 aromatic rings. The van der Waals surface area contributed by atoms with Gasteiger partial charge in [-0.3, -0.25) is 9.78 Å². The highest BCUT2D eigenvalue weighted by Crippen LogP contribution is 2.05. The van der Waals surface area contributed by atoms with E-state index >= 15 is 0 Å². The summed E-state index contributed by atoms with van der Waals surface area (Å²) >= 11 is 3.78. The number of unbranched alkanes of at least 4 members (excludes halogenated alkanes) is 1. The molecule has 7 heteroatoms. The number of thiol groups is 1. The average molecular weight is 240 g/mol. The number of nitrogens with one attached hydrogen (secondary N) is 2. The van der Waals surface area contributed by atoms with Gasteiger partial charge >= 0.3 is 5.69 Å². The molecule has 86 valence electrons. The molecule has 0 aliphatic heterocycles. The SMILES string of the molecule is CCCCc1nc2[nH]c(=O)n(S)c(=O)c2[nH]1. The molecule has 2 aromatic heterocycles. The predicted octanol–water partition coefficient (Wildman–Crippen LogP) is 0.448. The molecule has 2 rings (SSSR count). The zero-order valence-corrected chi connectivity index (χ0v) is 9.67. The lowest BCUT2D eigenvalue weighted by Crippen LogP contribution is -2.29. The van der Waals surface area contributed by atoms with E-state index in [0.717, 1.165) is 23.2 Å². The Morgan fingerprint density at radius 2 is 2.12 bits per heavy atom. The second-order valence-electron chi connectivity index (χ2n) is 3.56. The maximum atomic E-state index is 11.6. The summed E-state index contributed by atoms with van der Waals surface area (Å²) in [7, 11) is 0. The third-order valence-electron chi connectivity index (χ3n) is 2.34. The van der Waals surface area contributed by atoms with Crippen LogP contribution in [0, 0.1) is 0 Å². The summed E-state index contributed by atoms with van der Waals surface area (Å²) in [5, 5.41) is 0. The van der Waals surface area contributed by atoms with Crippen LogP contribution in [0.5, 0.6) is 0 Å². The van der Waals surface area contributed by atoms with E-state index in [1.807, 2.05) is 0 Å². The van der Waals surface area contributed by atoms with Gasteiger partial charge in [-0.15, -0.1) is 0 Å². The molecule has 0 radical (unpaired) electrons. The quantitative estimate of drug-likeness (QED) is 0.681. The molecule has 16 heavy (non-hydrogen) atoms. The lowest BCUT2D eigenvalue weighted by molar-refractivity contribution is 0.764. The molecule has 0 aliphatic carbocycles. The molecule has 0 amide bonds. The number of aryl methyl sites for hydroxylation is 1.